The first-order valence-corrected chi connectivity index (χ1v) is 8.64. The molecule has 0 radical (unpaired) electrons. The van der Waals surface area contributed by atoms with Gasteiger partial charge in [-0.15, -0.1) is 0 Å². The Morgan fingerprint density at radius 2 is 2.21 bits per heavy atom. The Labute approximate surface area is 145 Å². The van der Waals surface area contributed by atoms with Crippen LogP contribution in [0, 0.1) is 12.7 Å². The third-order valence-electron chi connectivity index (χ3n) is 4.44. The van der Waals surface area contributed by atoms with E-state index >= 15 is 0 Å². The molecule has 6 heteroatoms. The summed E-state index contributed by atoms with van der Waals surface area (Å²) in [5.41, 5.74) is 2.82. The van der Waals surface area contributed by atoms with Crippen molar-refractivity contribution >= 4 is 11.6 Å². The van der Waals surface area contributed by atoms with E-state index in [0.717, 1.165) is 36.5 Å². The Kier molecular flexibility index (Phi) is 5.01. The van der Waals surface area contributed by atoms with E-state index in [9.17, 15) is 9.18 Å². The van der Waals surface area contributed by atoms with Crippen LogP contribution in [0.1, 0.15) is 41.6 Å². The highest BCUT2D eigenvalue weighted by Crippen LogP contribution is 2.26. The van der Waals surface area contributed by atoms with Gasteiger partial charge in [-0.25, -0.2) is 9.37 Å². The smallest absolute Gasteiger partial charge is 0.255 e. The molecule has 2 heterocycles. The molecule has 0 spiro atoms. The first-order chi connectivity index (χ1) is 11.5. The number of hydrogen-bond donors (Lipinski definition) is 1. The zero-order chi connectivity index (χ0) is 17.3. The van der Waals surface area contributed by atoms with E-state index < -0.39 is 0 Å². The van der Waals surface area contributed by atoms with Crippen LogP contribution in [0.15, 0.2) is 16.9 Å². The Hall–Kier alpha value is -1.72. The maximum atomic E-state index is 14.1. The molecule has 0 bridgehead atoms. The van der Waals surface area contributed by atoms with Crippen molar-refractivity contribution in [2.75, 3.05) is 6.54 Å². The molecule has 0 fully saturated rings. The molecule has 1 aliphatic heterocycles. The number of halogens is 2. The quantitative estimate of drug-likeness (QED) is 0.920. The molecule has 2 aromatic rings. The summed E-state index contributed by atoms with van der Waals surface area (Å²) in [5.74, 6) is 0.448. The summed E-state index contributed by atoms with van der Waals surface area (Å²) in [6.45, 7) is 5.51. The van der Waals surface area contributed by atoms with Gasteiger partial charge in [0.1, 0.15) is 11.6 Å². The molecular weight excluding hydrogens is 329 g/mol. The fourth-order valence-corrected chi connectivity index (χ4v) is 3.32. The van der Waals surface area contributed by atoms with Gasteiger partial charge in [0.05, 0.1) is 16.3 Å². The molecule has 4 nitrogen and oxygen atoms in total. The zero-order valence-electron chi connectivity index (χ0n) is 14.0. The number of hydrogen-bond acceptors (Lipinski definition) is 3. The molecule has 0 unspecified atom stereocenters. The van der Waals surface area contributed by atoms with Crippen LogP contribution in [0.3, 0.4) is 0 Å². The van der Waals surface area contributed by atoms with E-state index in [1.165, 1.54) is 6.07 Å². The summed E-state index contributed by atoms with van der Waals surface area (Å²) >= 11 is 6.26. The largest absolute Gasteiger partial charge is 0.310 e. The predicted molar refractivity (Wildman–Crippen MR) is 92.8 cm³/mol. The normalized spacial score (nSPS) is 14.7. The van der Waals surface area contributed by atoms with Crippen molar-refractivity contribution in [3.63, 3.8) is 0 Å². The van der Waals surface area contributed by atoms with E-state index in [0.29, 0.717) is 35.7 Å². The van der Waals surface area contributed by atoms with E-state index in [2.05, 4.69) is 16.9 Å². The molecule has 3 rings (SSSR count). The van der Waals surface area contributed by atoms with Gasteiger partial charge >= 0.3 is 0 Å². The van der Waals surface area contributed by atoms with Crippen LogP contribution in [0.2, 0.25) is 5.02 Å². The number of aromatic amines is 1. The average Bonchev–Trinajstić information content (AvgIpc) is 2.56. The van der Waals surface area contributed by atoms with Gasteiger partial charge in [-0.1, -0.05) is 24.6 Å². The van der Waals surface area contributed by atoms with Gasteiger partial charge in [0.2, 0.25) is 0 Å². The van der Waals surface area contributed by atoms with Crippen LogP contribution < -0.4 is 5.56 Å². The number of nitrogens with zero attached hydrogens (tertiary/aromatic N) is 2. The van der Waals surface area contributed by atoms with Crippen LogP contribution in [0.4, 0.5) is 4.39 Å². The topological polar surface area (TPSA) is 49.0 Å². The van der Waals surface area contributed by atoms with Crippen molar-refractivity contribution in [2.45, 2.75) is 46.2 Å². The molecule has 128 valence electrons. The standard InChI is InChI=1S/C18H21ClFN3O/c1-3-4-16-21-15-7-8-23(10-13(15)18(24)22-16)9-12-14(20)6-5-11(2)17(12)19/h5-6H,3-4,7-10H2,1-2H3,(H,21,22,24). The minimum absolute atomic E-state index is 0.0797. The molecular formula is C18H21ClFN3O. The third-order valence-corrected chi connectivity index (χ3v) is 4.97. The second-order valence-corrected chi connectivity index (χ2v) is 6.68. The van der Waals surface area contributed by atoms with E-state index in [1.54, 1.807) is 6.07 Å². The fourth-order valence-electron chi connectivity index (χ4n) is 3.11. The third kappa shape index (κ3) is 3.37. The maximum Gasteiger partial charge on any atom is 0.255 e. The number of nitrogens with one attached hydrogen (secondary N) is 1. The van der Waals surface area contributed by atoms with Gasteiger partial charge in [0.25, 0.3) is 5.56 Å². The minimum Gasteiger partial charge on any atom is -0.310 e. The summed E-state index contributed by atoms with van der Waals surface area (Å²) in [7, 11) is 0. The van der Waals surface area contributed by atoms with Crippen molar-refractivity contribution in [1.82, 2.24) is 14.9 Å². The van der Waals surface area contributed by atoms with Gasteiger partial charge in [-0.3, -0.25) is 9.69 Å². The summed E-state index contributed by atoms with van der Waals surface area (Å²) in [4.78, 5) is 21.8. The molecule has 0 atom stereocenters. The van der Waals surface area contributed by atoms with Gasteiger partial charge in [-0.2, -0.15) is 0 Å². The van der Waals surface area contributed by atoms with Gasteiger partial charge < -0.3 is 4.98 Å². The van der Waals surface area contributed by atoms with Gasteiger partial charge in [-0.05, 0) is 25.0 Å². The van der Waals surface area contributed by atoms with Crippen molar-refractivity contribution in [3.05, 3.63) is 61.5 Å². The fraction of sp³-hybridized carbons (Fsp3) is 0.444. The molecule has 1 aromatic heterocycles. The first-order valence-electron chi connectivity index (χ1n) is 8.26. The molecule has 1 aliphatic rings. The SMILES string of the molecule is CCCc1nc2c(c(=O)[nH]1)CN(Cc1c(F)ccc(C)c1Cl)CC2. The van der Waals surface area contributed by atoms with Crippen molar-refractivity contribution in [2.24, 2.45) is 0 Å². The number of fused-ring (bicyclic) bond motifs is 1. The molecule has 0 saturated heterocycles. The highest BCUT2D eigenvalue weighted by atomic mass is 35.5. The Morgan fingerprint density at radius 1 is 1.42 bits per heavy atom. The van der Waals surface area contributed by atoms with Crippen LogP contribution in [-0.4, -0.2) is 21.4 Å². The predicted octanol–water partition coefficient (Wildman–Crippen LogP) is 3.38. The highest BCUT2D eigenvalue weighted by molar-refractivity contribution is 6.32. The lowest BCUT2D eigenvalue weighted by molar-refractivity contribution is 0.238. The van der Waals surface area contributed by atoms with Crippen molar-refractivity contribution in [3.8, 4) is 0 Å². The molecule has 24 heavy (non-hydrogen) atoms. The highest BCUT2D eigenvalue weighted by Gasteiger charge is 2.23. The number of aromatic nitrogens is 2. The summed E-state index contributed by atoms with van der Waals surface area (Å²) < 4.78 is 14.1. The van der Waals surface area contributed by atoms with Crippen LogP contribution in [0.25, 0.3) is 0 Å². The van der Waals surface area contributed by atoms with E-state index in [-0.39, 0.29) is 11.4 Å². The summed E-state index contributed by atoms with van der Waals surface area (Å²) in [6, 6.07) is 3.12. The van der Waals surface area contributed by atoms with Crippen LogP contribution in [0.5, 0.6) is 0 Å². The monoisotopic (exact) mass is 349 g/mol. The lowest BCUT2D eigenvalue weighted by Gasteiger charge is -2.28. The summed E-state index contributed by atoms with van der Waals surface area (Å²) in [6.07, 6.45) is 2.41. The zero-order valence-corrected chi connectivity index (χ0v) is 14.7. The van der Waals surface area contributed by atoms with Crippen LogP contribution in [-0.2, 0) is 25.9 Å². The van der Waals surface area contributed by atoms with Crippen molar-refractivity contribution < 1.29 is 4.39 Å². The minimum atomic E-state index is -0.304. The second kappa shape index (κ2) is 7.03. The maximum absolute atomic E-state index is 14.1. The second-order valence-electron chi connectivity index (χ2n) is 6.31. The summed E-state index contributed by atoms with van der Waals surface area (Å²) in [5, 5.41) is 0.464. The lowest BCUT2D eigenvalue weighted by Crippen LogP contribution is -2.36. The van der Waals surface area contributed by atoms with Crippen LogP contribution >= 0.6 is 11.6 Å². The Bertz CT molecular complexity index is 819. The molecule has 1 N–H and O–H groups in total. The Balaban J connectivity index is 1.84. The Morgan fingerprint density at radius 3 is 2.96 bits per heavy atom. The number of rotatable bonds is 4. The number of aryl methyl sites for hydroxylation is 2. The van der Waals surface area contributed by atoms with Gasteiger partial charge in [0.15, 0.2) is 0 Å². The van der Waals surface area contributed by atoms with E-state index in [4.69, 9.17) is 11.6 Å². The molecule has 0 aliphatic carbocycles. The molecule has 0 amide bonds. The lowest BCUT2D eigenvalue weighted by atomic mass is 10.0. The molecule has 0 saturated carbocycles. The molecule has 1 aromatic carbocycles. The van der Waals surface area contributed by atoms with Gasteiger partial charge in [0, 0.05) is 38.0 Å². The number of H-pyrrole nitrogens is 1. The first kappa shape index (κ1) is 17.1. The number of benzene rings is 1. The van der Waals surface area contributed by atoms with E-state index in [1.807, 2.05) is 11.8 Å². The van der Waals surface area contributed by atoms with Crippen molar-refractivity contribution in [1.29, 1.82) is 0 Å². The average molecular weight is 350 g/mol.